The molecule has 0 heterocycles. The molecule has 0 N–H and O–H groups in total. The summed E-state index contributed by atoms with van der Waals surface area (Å²) in [6.45, 7) is 6.69. The molecule has 0 saturated carbocycles. The van der Waals surface area contributed by atoms with E-state index >= 15 is 0 Å². The zero-order valence-electron chi connectivity index (χ0n) is 3.78. The van der Waals surface area contributed by atoms with E-state index in [1.54, 1.807) is 0 Å². The fraction of sp³-hybridized carbons (Fsp3) is 1.00. The van der Waals surface area contributed by atoms with Crippen molar-refractivity contribution in [1.29, 1.82) is 0 Å². The van der Waals surface area contributed by atoms with Crippen molar-refractivity contribution in [3.8, 4) is 0 Å². The van der Waals surface area contributed by atoms with Crippen molar-refractivity contribution in [2.45, 2.75) is 0 Å². The van der Waals surface area contributed by atoms with Crippen molar-refractivity contribution in [3.63, 3.8) is 0 Å². The average molecular weight is 179 g/mol. The molecule has 1 radical (unpaired) electrons. The molecule has 5 heavy (non-hydrogen) atoms. The van der Waals surface area contributed by atoms with Crippen molar-refractivity contribution < 1.29 is 19.5 Å². The van der Waals surface area contributed by atoms with Gasteiger partial charge in [-0.1, -0.05) is 0 Å². The first-order valence-electron chi connectivity index (χ1n) is 1.34. The second-order valence-electron chi connectivity index (χ2n) is 1.34. The second-order valence-corrected chi connectivity index (χ2v) is 4.02. The molecule has 0 aliphatic rings. The van der Waals surface area contributed by atoms with Gasteiger partial charge in [0.25, 0.3) is 0 Å². The summed E-state index contributed by atoms with van der Waals surface area (Å²) < 4.78 is 0. The van der Waals surface area contributed by atoms with Crippen molar-refractivity contribution in [2.75, 3.05) is 20.0 Å². The molecule has 0 saturated heterocycles. The van der Waals surface area contributed by atoms with Crippen LogP contribution in [0, 0.1) is 0 Å². The van der Waals surface area contributed by atoms with Crippen LogP contribution in [0.5, 0.6) is 0 Å². The molecule has 0 fully saturated rings. The molecule has 0 aromatic rings. The molecule has 0 aliphatic carbocycles. The summed E-state index contributed by atoms with van der Waals surface area (Å²) in [6.07, 6.45) is 0. The van der Waals surface area contributed by atoms with Crippen molar-refractivity contribution in [3.05, 3.63) is 0 Å². The van der Waals surface area contributed by atoms with E-state index in [4.69, 9.17) is 0 Å². The van der Waals surface area contributed by atoms with Crippen LogP contribution >= 0.6 is 7.92 Å². The van der Waals surface area contributed by atoms with Gasteiger partial charge in [0, 0.05) is 19.5 Å². The van der Waals surface area contributed by atoms with Gasteiger partial charge < -0.3 is 0 Å². The minimum Gasteiger partial charge on any atom is -0.116 e. The quantitative estimate of drug-likeness (QED) is 0.389. The molecule has 0 nitrogen and oxygen atoms in total. The normalized spacial score (nSPS) is 7.20. The summed E-state index contributed by atoms with van der Waals surface area (Å²) in [5.74, 6) is 0. The van der Waals surface area contributed by atoms with Crippen LogP contribution in [0.1, 0.15) is 0 Å². The fourth-order valence-electron chi connectivity index (χ4n) is 0. The van der Waals surface area contributed by atoms with E-state index in [0.717, 1.165) is 0 Å². The van der Waals surface area contributed by atoms with Gasteiger partial charge >= 0.3 is 0 Å². The SMILES string of the molecule is CP(C)C.[Rh]. The molecule has 0 aliphatic heterocycles. The minimum absolute atomic E-state index is 0. The molecule has 0 aromatic carbocycles. The monoisotopic (exact) mass is 179 g/mol. The Kier molecular flexibility index (Phi) is 9.51. The first-order chi connectivity index (χ1) is 1.73. The minimum atomic E-state index is 0. The third-order valence-electron chi connectivity index (χ3n) is 0. The van der Waals surface area contributed by atoms with Crippen LogP contribution in [-0.2, 0) is 19.5 Å². The van der Waals surface area contributed by atoms with Crippen LogP contribution in [0.2, 0.25) is 0 Å². The maximum absolute atomic E-state index is 2.23. The molecule has 35 valence electrons. The van der Waals surface area contributed by atoms with Crippen LogP contribution < -0.4 is 0 Å². The Morgan fingerprint density at radius 1 is 1.00 bits per heavy atom. The Labute approximate surface area is 47.9 Å². The van der Waals surface area contributed by atoms with E-state index in [-0.39, 0.29) is 19.5 Å². The van der Waals surface area contributed by atoms with Gasteiger partial charge in [-0.05, 0) is 20.0 Å². The number of hydrogen-bond donors (Lipinski definition) is 0. The molecule has 0 aromatic heterocycles. The molecule has 0 spiro atoms. The molecule has 2 heteroatoms. The summed E-state index contributed by atoms with van der Waals surface area (Å²) in [7, 11) is 0.380. The Morgan fingerprint density at radius 3 is 1.00 bits per heavy atom. The van der Waals surface area contributed by atoms with Gasteiger partial charge in [-0.3, -0.25) is 0 Å². The van der Waals surface area contributed by atoms with Crippen molar-refractivity contribution in [1.82, 2.24) is 0 Å². The van der Waals surface area contributed by atoms with E-state index in [2.05, 4.69) is 20.0 Å². The Balaban J connectivity index is 0. The molecule has 0 unspecified atom stereocenters. The zero-order valence-corrected chi connectivity index (χ0v) is 6.31. The van der Waals surface area contributed by atoms with Gasteiger partial charge in [0.15, 0.2) is 0 Å². The van der Waals surface area contributed by atoms with Gasteiger partial charge in [-0.15, -0.1) is 7.92 Å². The largest absolute Gasteiger partial charge is 0.116 e. The molecular weight excluding hydrogens is 170 g/mol. The van der Waals surface area contributed by atoms with Gasteiger partial charge in [0.2, 0.25) is 0 Å². The first kappa shape index (κ1) is 9.41. The van der Waals surface area contributed by atoms with E-state index < -0.39 is 0 Å². The van der Waals surface area contributed by atoms with Crippen LogP contribution in [0.4, 0.5) is 0 Å². The average Bonchev–Trinajstić information content (AvgIpc) is 0.811. The van der Waals surface area contributed by atoms with Crippen molar-refractivity contribution in [2.24, 2.45) is 0 Å². The van der Waals surface area contributed by atoms with Gasteiger partial charge in [0.05, 0.1) is 0 Å². The molecular formula is C3H9PRh. The Hall–Kier alpha value is 1.05. The summed E-state index contributed by atoms with van der Waals surface area (Å²) in [5.41, 5.74) is 0. The van der Waals surface area contributed by atoms with Gasteiger partial charge in [0.1, 0.15) is 0 Å². The summed E-state index contributed by atoms with van der Waals surface area (Å²) in [6, 6.07) is 0. The van der Waals surface area contributed by atoms with Crippen LogP contribution in [0.15, 0.2) is 0 Å². The number of hydrogen-bond acceptors (Lipinski definition) is 0. The Morgan fingerprint density at radius 2 is 1.00 bits per heavy atom. The second kappa shape index (κ2) is 5.05. The fourth-order valence-corrected chi connectivity index (χ4v) is 0. The van der Waals surface area contributed by atoms with Gasteiger partial charge in [-0.25, -0.2) is 0 Å². The zero-order chi connectivity index (χ0) is 3.58. The van der Waals surface area contributed by atoms with Crippen molar-refractivity contribution >= 4 is 7.92 Å². The molecule has 0 amide bonds. The first-order valence-corrected chi connectivity index (χ1v) is 4.02. The molecule has 0 bridgehead atoms. The van der Waals surface area contributed by atoms with E-state index in [0.29, 0.717) is 7.92 Å². The van der Waals surface area contributed by atoms with Gasteiger partial charge in [-0.2, -0.15) is 0 Å². The predicted molar refractivity (Wildman–Crippen MR) is 24.7 cm³/mol. The van der Waals surface area contributed by atoms with E-state index in [9.17, 15) is 0 Å². The maximum Gasteiger partial charge on any atom is 0 e. The predicted octanol–water partition coefficient (Wildman–Crippen LogP) is 1.36. The van der Waals surface area contributed by atoms with Crippen LogP contribution in [0.3, 0.4) is 0 Å². The molecule has 0 atom stereocenters. The topological polar surface area (TPSA) is 0 Å². The summed E-state index contributed by atoms with van der Waals surface area (Å²) in [4.78, 5) is 0. The molecule has 0 rings (SSSR count). The standard InChI is InChI=1S/C3H9P.Rh/c1-4(2)3;/h1-3H3;. The van der Waals surface area contributed by atoms with Crippen LogP contribution in [-0.4, -0.2) is 20.0 Å². The van der Waals surface area contributed by atoms with E-state index in [1.165, 1.54) is 0 Å². The Bertz CT molecular complexity index is 11.6. The summed E-state index contributed by atoms with van der Waals surface area (Å²) in [5, 5.41) is 0. The smallest absolute Gasteiger partial charge is 0 e. The maximum atomic E-state index is 2.23. The van der Waals surface area contributed by atoms with E-state index in [1.807, 2.05) is 0 Å². The third kappa shape index (κ3) is 42.5. The summed E-state index contributed by atoms with van der Waals surface area (Å²) >= 11 is 0. The van der Waals surface area contributed by atoms with Crippen LogP contribution in [0.25, 0.3) is 0 Å². The third-order valence-corrected chi connectivity index (χ3v) is 0. The number of rotatable bonds is 0.